The summed E-state index contributed by atoms with van der Waals surface area (Å²) in [6, 6.07) is 1.91. The first-order valence-electron chi connectivity index (χ1n) is 3.42. The lowest BCUT2D eigenvalue weighted by molar-refractivity contribution is -0.140. The maximum Gasteiger partial charge on any atom is 0.490 e. The van der Waals surface area contributed by atoms with Gasteiger partial charge in [-0.05, 0) is 6.07 Å². The van der Waals surface area contributed by atoms with Crippen molar-refractivity contribution in [3.05, 3.63) is 23.0 Å². The van der Waals surface area contributed by atoms with Crippen LogP contribution in [0.4, 0.5) is 13.2 Å². The van der Waals surface area contributed by atoms with Crippen LogP contribution in [0.2, 0.25) is 5.15 Å². The Labute approximate surface area is 82.3 Å². The molecule has 1 rings (SSSR count). The van der Waals surface area contributed by atoms with Gasteiger partial charge in [0.2, 0.25) is 0 Å². The van der Waals surface area contributed by atoms with Crippen molar-refractivity contribution in [1.29, 1.82) is 0 Å². The van der Waals surface area contributed by atoms with E-state index < -0.39 is 24.5 Å². The minimum absolute atomic E-state index is 0.360. The molecule has 14 heavy (non-hydrogen) atoms. The Morgan fingerprint density at radius 1 is 1.29 bits per heavy atom. The molecule has 0 saturated heterocycles. The number of alkyl halides is 3. The predicted molar refractivity (Wildman–Crippen MR) is 44.1 cm³/mol. The Kier molecular flexibility index (Phi) is 3.03. The smallest absolute Gasteiger partial charge is 0.423 e. The van der Waals surface area contributed by atoms with Crippen LogP contribution in [0.25, 0.3) is 0 Å². The number of pyridine rings is 1. The summed E-state index contributed by atoms with van der Waals surface area (Å²) in [4.78, 5) is 2.99. The molecule has 0 fully saturated rings. The fraction of sp³-hybridized carbons (Fsp3) is 0.167. The van der Waals surface area contributed by atoms with Crippen molar-refractivity contribution in [2.24, 2.45) is 0 Å². The van der Waals surface area contributed by atoms with Gasteiger partial charge in [-0.1, -0.05) is 17.7 Å². The van der Waals surface area contributed by atoms with E-state index in [0.29, 0.717) is 0 Å². The van der Waals surface area contributed by atoms with Crippen LogP contribution < -0.4 is 5.46 Å². The summed E-state index contributed by atoms with van der Waals surface area (Å²) in [5.41, 5.74) is -2.11. The lowest BCUT2D eigenvalue weighted by atomic mass is 9.79. The minimum atomic E-state index is -4.76. The Morgan fingerprint density at radius 2 is 1.86 bits per heavy atom. The Hall–Kier alpha value is -0.785. The third-order valence-electron chi connectivity index (χ3n) is 1.44. The molecule has 0 aliphatic rings. The molecule has 0 bridgehead atoms. The van der Waals surface area contributed by atoms with Gasteiger partial charge in [-0.25, -0.2) is 4.98 Å². The first-order chi connectivity index (χ1) is 6.32. The zero-order valence-corrected chi connectivity index (χ0v) is 7.34. The van der Waals surface area contributed by atoms with E-state index in [1.54, 1.807) is 0 Å². The van der Waals surface area contributed by atoms with Crippen molar-refractivity contribution in [2.45, 2.75) is 6.18 Å². The second-order valence-corrected chi connectivity index (χ2v) is 2.83. The number of hydrogen-bond donors (Lipinski definition) is 2. The van der Waals surface area contributed by atoms with E-state index in [9.17, 15) is 13.2 Å². The predicted octanol–water partition coefficient (Wildman–Crippen LogP) is 0.434. The molecular formula is C6H4BClF3NO2. The molecular weight excluding hydrogens is 221 g/mol. The molecule has 0 amide bonds. The highest BCUT2D eigenvalue weighted by Gasteiger charge is 2.38. The minimum Gasteiger partial charge on any atom is -0.423 e. The van der Waals surface area contributed by atoms with Gasteiger partial charge in [0.1, 0.15) is 10.8 Å². The molecule has 0 spiro atoms. The largest absolute Gasteiger partial charge is 0.490 e. The number of rotatable bonds is 1. The number of nitrogens with zero attached hydrogens (tertiary/aromatic N) is 1. The molecule has 0 aromatic carbocycles. The molecule has 0 unspecified atom stereocenters. The Balaban J connectivity index is 3.30. The standard InChI is InChI=1S/C6H4BClF3NO2/c8-4-2-1-3(7(13)14)5(12-4)6(9,10)11/h1-2,13-14H. The summed E-state index contributed by atoms with van der Waals surface area (Å²) >= 11 is 5.25. The van der Waals surface area contributed by atoms with E-state index in [1.165, 1.54) is 0 Å². The van der Waals surface area contributed by atoms with Crippen LogP contribution in [0.15, 0.2) is 12.1 Å². The van der Waals surface area contributed by atoms with Crippen molar-refractivity contribution in [3.8, 4) is 0 Å². The third kappa shape index (κ3) is 2.37. The van der Waals surface area contributed by atoms with Crippen molar-refractivity contribution in [3.63, 3.8) is 0 Å². The van der Waals surface area contributed by atoms with E-state index in [1.807, 2.05) is 0 Å². The molecule has 0 aliphatic heterocycles. The van der Waals surface area contributed by atoms with Gasteiger partial charge in [0.25, 0.3) is 0 Å². The molecule has 3 nitrogen and oxygen atoms in total. The van der Waals surface area contributed by atoms with E-state index in [2.05, 4.69) is 4.98 Å². The number of halogens is 4. The molecule has 8 heteroatoms. The van der Waals surface area contributed by atoms with Crippen LogP contribution in [0, 0.1) is 0 Å². The van der Waals surface area contributed by atoms with E-state index in [4.69, 9.17) is 21.6 Å². The number of aromatic nitrogens is 1. The van der Waals surface area contributed by atoms with Gasteiger partial charge in [0, 0.05) is 5.46 Å². The molecule has 76 valence electrons. The highest BCUT2D eigenvalue weighted by Crippen LogP contribution is 2.27. The second-order valence-electron chi connectivity index (χ2n) is 2.44. The summed E-state index contributed by atoms with van der Waals surface area (Å²) < 4.78 is 36.7. The highest BCUT2D eigenvalue weighted by atomic mass is 35.5. The van der Waals surface area contributed by atoms with Crippen molar-refractivity contribution < 1.29 is 23.2 Å². The molecule has 0 aliphatic carbocycles. The average Bonchev–Trinajstić information content (AvgIpc) is 2.01. The summed E-state index contributed by atoms with van der Waals surface area (Å²) in [6.45, 7) is 0. The van der Waals surface area contributed by atoms with Gasteiger partial charge in [0.15, 0.2) is 0 Å². The van der Waals surface area contributed by atoms with Gasteiger partial charge in [-0.3, -0.25) is 0 Å². The molecule has 0 atom stereocenters. The average molecular weight is 225 g/mol. The monoisotopic (exact) mass is 225 g/mol. The van der Waals surface area contributed by atoms with E-state index in [-0.39, 0.29) is 5.15 Å². The van der Waals surface area contributed by atoms with Gasteiger partial charge < -0.3 is 10.0 Å². The molecule has 1 aromatic rings. The first-order valence-corrected chi connectivity index (χ1v) is 3.80. The molecule has 1 aromatic heterocycles. The zero-order valence-electron chi connectivity index (χ0n) is 6.59. The van der Waals surface area contributed by atoms with Crippen LogP contribution >= 0.6 is 11.6 Å². The number of hydrogen-bond acceptors (Lipinski definition) is 3. The lowest BCUT2D eigenvalue weighted by Crippen LogP contribution is -2.37. The van der Waals surface area contributed by atoms with Gasteiger partial charge in [0.05, 0.1) is 0 Å². The second kappa shape index (κ2) is 3.76. The molecule has 2 N–H and O–H groups in total. The summed E-state index contributed by atoms with van der Waals surface area (Å²) in [5.74, 6) is 0. The van der Waals surface area contributed by atoms with E-state index >= 15 is 0 Å². The van der Waals surface area contributed by atoms with Crippen molar-refractivity contribution in [2.75, 3.05) is 0 Å². The topological polar surface area (TPSA) is 53.4 Å². The fourth-order valence-corrected chi connectivity index (χ4v) is 1.03. The quantitative estimate of drug-likeness (QED) is 0.538. The summed E-state index contributed by atoms with van der Waals surface area (Å²) in [5, 5.41) is 16.9. The van der Waals surface area contributed by atoms with Crippen LogP contribution in [0.3, 0.4) is 0 Å². The van der Waals surface area contributed by atoms with Crippen molar-refractivity contribution in [1.82, 2.24) is 4.98 Å². The summed E-state index contributed by atoms with van der Waals surface area (Å²) in [7, 11) is -2.23. The summed E-state index contributed by atoms with van der Waals surface area (Å²) in [6.07, 6.45) is -4.76. The van der Waals surface area contributed by atoms with Crippen LogP contribution in [0.1, 0.15) is 5.69 Å². The van der Waals surface area contributed by atoms with Gasteiger partial charge >= 0.3 is 13.3 Å². The Morgan fingerprint density at radius 3 is 2.29 bits per heavy atom. The zero-order chi connectivity index (χ0) is 10.9. The maximum atomic E-state index is 12.2. The maximum absolute atomic E-state index is 12.2. The lowest BCUT2D eigenvalue weighted by Gasteiger charge is -2.10. The van der Waals surface area contributed by atoms with Crippen LogP contribution in [-0.4, -0.2) is 22.2 Å². The van der Waals surface area contributed by atoms with Gasteiger partial charge in [-0.2, -0.15) is 13.2 Å². The van der Waals surface area contributed by atoms with Crippen LogP contribution in [-0.2, 0) is 6.18 Å². The van der Waals surface area contributed by atoms with Crippen LogP contribution in [0.5, 0.6) is 0 Å². The molecule has 0 radical (unpaired) electrons. The fourth-order valence-electron chi connectivity index (χ4n) is 0.882. The first kappa shape index (κ1) is 11.3. The van der Waals surface area contributed by atoms with Gasteiger partial charge in [-0.15, -0.1) is 0 Å². The highest BCUT2D eigenvalue weighted by molar-refractivity contribution is 6.59. The SMILES string of the molecule is OB(O)c1ccc(Cl)nc1C(F)(F)F. The Bertz CT molecular complexity index is 344. The molecule has 0 saturated carbocycles. The van der Waals surface area contributed by atoms with E-state index in [0.717, 1.165) is 12.1 Å². The normalized spacial score (nSPS) is 11.6. The van der Waals surface area contributed by atoms with Crippen molar-refractivity contribution >= 4 is 24.2 Å². The third-order valence-corrected chi connectivity index (χ3v) is 1.65. The molecule has 1 heterocycles.